The van der Waals surface area contributed by atoms with E-state index < -0.39 is 0 Å². The highest BCUT2D eigenvalue weighted by atomic mass is 16.2. The summed E-state index contributed by atoms with van der Waals surface area (Å²) in [6, 6.07) is 5.28. The van der Waals surface area contributed by atoms with E-state index in [1.165, 1.54) is 0 Å². The number of carbonyl (C=O) groups excluding carboxylic acids is 1. The van der Waals surface area contributed by atoms with Gasteiger partial charge in [0.2, 0.25) is 5.91 Å². The largest absolute Gasteiger partial charge is 0.326 e. The molecule has 1 aromatic heterocycles. The van der Waals surface area contributed by atoms with Crippen LogP contribution < -0.4 is 10.6 Å². The molecule has 1 atom stereocenters. The normalized spacial score (nSPS) is 19.9. The van der Waals surface area contributed by atoms with E-state index >= 15 is 0 Å². The summed E-state index contributed by atoms with van der Waals surface area (Å²) in [4.78, 5) is 17.4. The van der Waals surface area contributed by atoms with Gasteiger partial charge < -0.3 is 5.73 Å². The van der Waals surface area contributed by atoms with Gasteiger partial charge in [0.1, 0.15) is 11.9 Å². The summed E-state index contributed by atoms with van der Waals surface area (Å²) < 4.78 is 0. The van der Waals surface area contributed by atoms with E-state index in [1.54, 1.807) is 24.0 Å². The Bertz CT molecular complexity index is 477. The molecule has 16 heavy (non-hydrogen) atoms. The second-order valence-electron chi connectivity index (χ2n) is 3.88. The van der Waals surface area contributed by atoms with Gasteiger partial charge in [-0.25, -0.2) is 4.98 Å². The van der Waals surface area contributed by atoms with Crippen molar-refractivity contribution in [3.05, 3.63) is 23.4 Å². The van der Waals surface area contributed by atoms with Gasteiger partial charge in [0.05, 0.1) is 11.3 Å². The molecule has 0 bridgehead atoms. The van der Waals surface area contributed by atoms with Gasteiger partial charge in [0.15, 0.2) is 0 Å². The molecule has 1 unspecified atom stereocenters. The molecule has 82 valence electrons. The van der Waals surface area contributed by atoms with Crippen molar-refractivity contribution in [3.8, 4) is 6.07 Å². The highest BCUT2D eigenvalue weighted by molar-refractivity contribution is 5.95. The summed E-state index contributed by atoms with van der Waals surface area (Å²) in [6.07, 6.45) is 0.362. The van der Waals surface area contributed by atoms with Crippen molar-refractivity contribution in [2.75, 3.05) is 11.4 Å². The molecule has 1 aromatic rings. The highest BCUT2D eigenvalue weighted by Gasteiger charge is 2.28. The lowest BCUT2D eigenvalue weighted by Crippen LogP contribution is -2.28. The summed E-state index contributed by atoms with van der Waals surface area (Å²) in [5.41, 5.74) is 6.86. The number of rotatable bonds is 1. The van der Waals surface area contributed by atoms with Gasteiger partial charge in [-0.2, -0.15) is 5.26 Å². The minimum Gasteiger partial charge on any atom is -0.326 e. The molecular formula is C11H12N4O. The summed E-state index contributed by atoms with van der Waals surface area (Å²) in [7, 11) is 0. The number of nitriles is 1. The number of aromatic nitrogens is 1. The minimum absolute atomic E-state index is 0.0101. The van der Waals surface area contributed by atoms with Crippen molar-refractivity contribution in [3.63, 3.8) is 0 Å². The third-order valence-electron chi connectivity index (χ3n) is 2.62. The molecule has 2 rings (SSSR count). The molecule has 2 heterocycles. The molecule has 1 saturated heterocycles. The lowest BCUT2D eigenvalue weighted by atomic mass is 10.2. The Morgan fingerprint density at radius 2 is 2.38 bits per heavy atom. The molecule has 0 aliphatic carbocycles. The van der Waals surface area contributed by atoms with Crippen LogP contribution in [0.25, 0.3) is 0 Å². The Kier molecular flexibility index (Phi) is 2.59. The number of anilines is 1. The fourth-order valence-corrected chi connectivity index (χ4v) is 1.77. The van der Waals surface area contributed by atoms with Crippen LogP contribution in [0.15, 0.2) is 12.1 Å². The van der Waals surface area contributed by atoms with Crippen LogP contribution in [0.2, 0.25) is 0 Å². The third-order valence-corrected chi connectivity index (χ3v) is 2.62. The topological polar surface area (TPSA) is 83.0 Å². The number of nitrogens with zero attached hydrogens (tertiary/aromatic N) is 3. The summed E-state index contributed by atoms with van der Waals surface area (Å²) in [5, 5.41) is 8.78. The van der Waals surface area contributed by atoms with Crippen LogP contribution in [-0.4, -0.2) is 23.5 Å². The maximum atomic E-state index is 11.6. The molecular weight excluding hydrogens is 204 g/mol. The molecule has 0 aromatic carbocycles. The first-order chi connectivity index (χ1) is 7.61. The first kappa shape index (κ1) is 10.6. The van der Waals surface area contributed by atoms with Crippen molar-refractivity contribution in [2.45, 2.75) is 19.4 Å². The van der Waals surface area contributed by atoms with Gasteiger partial charge in [0.25, 0.3) is 0 Å². The predicted octanol–water partition coefficient (Wildman–Crippen LogP) is 0.326. The molecule has 1 aliphatic rings. The Labute approximate surface area is 93.5 Å². The van der Waals surface area contributed by atoms with Crippen molar-refractivity contribution in [1.29, 1.82) is 5.26 Å². The molecule has 1 fully saturated rings. The first-order valence-corrected chi connectivity index (χ1v) is 5.05. The standard InChI is InChI=1S/C11H12N4O/c1-7-8(5-12)2-3-10(14-7)15-6-9(13)4-11(15)16/h2-3,9H,4,6,13H2,1H3. The molecule has 0 saturated carbocycles. The van der Waals surface area contributed by atoms with Crippen LogP contribution in [0.1, 0.15) is 17.7 Å². The molecule has 2 N–H and O–H groups in total. The Morgan fingerprint density at radius 1 is 1.62 bits per heavy atom. The van der Waals surface area contributed by atoms with E-state index in [1.807, 2.05) is 6.07 Å². The zero-order valence-electron chi connectivity index (χ0n) is 8.97. The second kappa shape index (κ2) is 3.91. The van der Waals surface area contributed by atoms with Gasteiger partial charge in [0, 0.05) is 19.0 Å². The van der Waals surface area contributed by atoms with Gasteiger partial charge in [-0.1, -0.05) is 0 Å². The lowest BCUT2D eigenvalue weighted by molar-refractivity contribution is -0.117. The maximum absolute atomic E-state index is 11.6. The Balaban J connectivity index is 2.32. The SMILES string of the molecule is Cc1nc(N2CC(N)CC2=O)ccc1C#N. The minimum atomic E-state index is -0.120. The van der Waals surface area contributed by atoms with Gasteiger partial charge >= 0.3 is 0 Å². The number of nitrogens with two attached hydrogens (primary N) is 1. The van der Waals surface area contributed by atoms with Crippen LogP contribution in [0.5, 0.6) is 0 Å². The van der Waals surface area contributed by atoms with Gasteiger partial charge in [-0.15, -0.1) is 0 Å². The van der Waals surface area contributed by atoms with Gasteiger partial charge in [-0.05, 0) is 19.1 Å². The molecule has 0 radical (unpaired) electrons. The van der Waals surface area contributed by atoms with Crippen molar-refractivity contribution in [2.24, 2.45) is 5.73 Å². The number of aryl methyl sites for hydroxylation is 1. The average molecular weight is 216 g/mol. The summed E-state index contributed by atoms with van der Waals surface area (Å²) in [6.45, 7) is 2.25. The van der Waals surface area contributed by atoms with Crippen LogP contribution >= 0.6 is 0 Å². The lowest BCUT2D eigenvalue weighted by Gasteiger charge is -2.15. The van der Waals surface area contributed by atoms with Crippen LogP contribution in [0.4, 0.5) is 5.82 Å². The summed E-state index contributed by atoms with van der Waals surface area (Å²) in [5.74, 6) is 0.568. The number of pyridine rings is 1. The third kappa shape index (κ3) is 1.75. The number of amides is 1. The predicted molar refractivity (Wildman–Crippen MR) is 58.6 cm³/mol. The number of carbonyl (C=O) groups is 1. The van der Waals surface area contributed by atoms with Crippen LogP contribution in [0, 0.1) is 18.3 Å². The van der Waals surface area contributed by atoms with E-state index in [0.29, 0.717) is 30.0 Å². The molecule has 1 amide bonds. The number of hydrogen-bond acceptors (Lipinski definition) is 4. The fraction of sp³-hybridized carbons (Fsp3) is 0.364. The number of hydrogen-bond donors (Lipinski definition) is 1. The van der Waals surface area contributed by atoms with Crippen LogP contribution in [-0.2, 0) is 4.79 Å². The molecule has 5 nitrogen and oxygen atoms in total. The average Bonchev–Trinajstić information content (AvgIpc) is 2.58. The van der Waals surface area contributed by atoms with Crippen molar-refractivity contribution in [1.82, 2.24) is 4.98 Å². The molecule has 0 spiro atoms. The van der Waals surface area contributed by atoms with E-state index in [9.17, 15) is 4.79 Å². The maximum Gasteiger partial charge on any atom is 0.229 e. The van der Waals surface area contributed by atoms with Crippen molar-refractivity contribution >= 4 is 11.7 Å². The first-order valence-electron chi connectivity index (χ1n) is 5.05. The highest BCUT2D eigenvalue weighted by Crippen LogP contribution is 2.19. The second-order valence-corrected chi connectivity index (χ2v) is 3.88. The van der Waals surface area contributed by atoms with E-state index in [4.69, 9.17) is 11.0 Å². The zero-order valence-corrected chi connectivity index (χ0v) is 8.97. The zero-order chi connectivity index (χ0) is 11.7. The quantitative estimate of drug-likeness (QED) is 0.733. The summed E-state index contributed by atoms with van der Waals surface area (Å²) >= 11 is 0. The van der Waals surface area contributed by atoms with E-state index in [2.05, 4.69) is 4.98 Å². The molecule has 1 aliphatic heterocycles. The molecule has 5 heteroatoms. The monoisotopic (exact) mass is 216 g/mol. The van der Waals surface area contributed by atoms with Gasteiger partial charge in [-0.3, -0.25) is 9.69 Å². The Hall–Kier alpha value is -1.93. The fourth-order valence-electron chi connectivity index (χ4n) is 1.77. The van der Waals surface area contributed by atoms with E-state index in [-0.39, 0.29) is 11.9 Å². The van der Waals surface area contributed by atoms with Crippen molar-refractivity contribution < 1.29 is 4.79 Å². The van der Waals surface area contributed by atoms with Crippen LogP contribution in [0.3, 0.4) is 0 Å². The van der Waals surface area contributed by atoms with E-state index in [0.717, 1.165) is 0 Å². The Morgan fingerprint density at radius 3 is 2.88 bits per heavy atom. The smallest absolute Gasteiger partial charge is 0.229 e.